The monoisotopic (exact) mass is 483 g/mol. The summed E-state index contributed by atoms with van der Waals surface area (Å²) in [6.07, 6.45) is 0.844. The van der Waals surface area contributed by atoms with Gasteiger partial charge in [-0.1, -0.05) is 24.6 Å². The number of halogens is 2. The van der Waals surface area contributed by atoms with Crippen molar-refractivity contribution in [1.82, 2.24) is 14.8 Å². The summed E-state index contributed by atoms with van der Waals surface area (Å²) in [5.41, 5.74) is 1.88. The van der Waals surface area contributed by atoms with E-state index in [4.69, 9.17) is 16.3 Å². The first kappa shape index (κ1) is 23.6. The van der Waals surface area contributed by atoms with E-state index < -0.39 is 5.82 Å². The zero-order valence-corrected chi connectivity index (χ0v) is 19.3. The van der Waals surface area contributed by atoms with Crippen LogP contribution < -0.4 is 0 Å². The molecule has 2 amide bonds. The minimum Gasteiger partial charge on any atom is -0.449 e. The fourth-order valence-corrected chi connectivity index (χ4v) is 4.08. The Balaban J connectivity index is 1.55. The summed E-state index contributed by atoms with van der Waals surface area (Å²) >= 11 is 6.45. The third-order valence-electron chi connectivity index (χ3n) is 5.68. The van der Waals surface area contributed by atoms with Crippen LogP contribution in [0.3, 0.4) is 0 Å². The van der Waals surface area contributed by atoms with Crippen LogP contribution in [0.1, 0.15) is 34.1 Å². The van der Waals surface area contributed by atoms with E-state index in [1.165, 1.54) is 18.2 Å². The third kappa shape index (κ3) is 4.87. The molecule has 1 aliphatic heterocycles. The second-order valence-corrected chi connectivity index (χ2v) is 8.38. The first-order chi connectivity index (χ1) is 16.4. The molecule has 7 nitrogen and oxygen atoms in total. The van der Waals surface area contributed by atoms with Crippen LogP contribution in [0.2, 0.25) is 5.02 Å². The number of benzene rings is 2. The fourth-order valence-electron chi connectivity index (χ4n) is 3.82. The fraction of sp³-hybridized carbons (Fsp3) is 0.280. The Morgan fingerprint density at radius 3 is 2.53 bits per heavy atom. The van der Waals surface area contributed by atoms with Crippen molar-refractivity contribution in [3.63, 3.8) is 0 Å². The molecule has 0 N–H and O–H groups in total. The molecule has 2 heterocycles. The Morgan fingerprint density at radius 2 is 1.82 bits per heavy atom. The third-order valence-corrected chi connectivity index (χ3v) is 5.99. The summed E-state index contributed by atoms with van der Waals surface area (Å²) in [4.78, 5) is 44.1. The zero-order valence-electron chi connectivity index (χ0n) is 18.6. The normalized spacial score (nSPS) is 13.7. The molecule has 0 unspecified atom stereocenters. The van der Waals surface area contributed by atoms with Crippen molar-refractivity contribution in [2.75, 3.05) is 32.8 Å². The van der Waals surface area contributed by atoms with Crippen molar-refractivity contribution in [3.05, 3.63) is 64.4 Å². The Bertz CT molecular complexity index is 1260. The van der Waals surface area contributed by atoms with Crippen LogP contribution in [-0.2, 0) is 4.74 Å². The van der Waals surface area contributed by atoms with Gasteiger partial charge in [-0.05, 0) is 42.8 Å². The number of amides is 2. The minimum atomic E-state index is -0.614. The number of pyridine rings is 1. The van der Waals surface area contributed by atoms with Gasteiger partial charge in [0.25, 0.3) is 5.91 Å². The van der Waals surface area contributed by atoms with Gasteiger partial charge in [-0.2, -0.15) is 0 Å². The molecule has 0 aliphatic carbocycles. The van der Waals surface area contributed by atoms with Gasteiger partial charge in [0.15, 0.2) is 6.29 Å². The van der Waals surface area contributed by atoms with E-state index in [9.17, 15) is 18.8 Å². The summed E-state index contributed by atoms with van der Waals surface area (Å²) in [7, 11) is 0. The van der Waals surface area contributed by atoms with E-state index in [2.05, 4.69) is 4.98 Å². The van der Waals surface area contributed by atoms with Crippen molar-refractivity contribution in [1.29, 1.82) is 0 Å². The molecule has 0 radical (unpaired) electrons. The predicted molar refractivity (Wildman–Crippen MR) is 127 cm³/mol. The maximum Gasteiger partial charge on any atom is 0.409 e. The number of aromatic nitrogens is 1. The minimum absolute atomic E-state index is 0.0721. The number of carbonyl (C=O) groups is 3. The SMILES string of the molecule is CCCOC(=O)N1CCN(C(=O)c2ccc3c(Cl)cc(-c4ccc(F)c(C=O)c4)nc3c2)CC1. The average molecular weight is 484 g/mol. The van der Waals surface area contributed by atoms with Gasteiger partial charge in [0, 0.05) is 42.7 Å². The molecule has 0 bridgehead atoms. The highest BCUT2D eigenvalue weighted by Crippen LogP contribution is 2.30. The lowest BCUT2D eigenvalue weighted by atomic mass is 10.0. The number of hydrogen-bond acceptors (Lipinski definition) is 5. The molecule has 1 saturated heterocycles. The maximum atomic E-state index is 13.7. The van der Waals surface area contributed by atoms with E-state index in [0.717, 1.165) is 6.42 Å². The largest absolute Gasteiger partial charge is 0.449 e. The summed E-state index contributed by atoms with van der Waals surface area (Å²) in [5, 5.41) is 1.10. The molecule has 9 heteroatoms. The molecular formula is C25H23ClFN3O4. The van der Waals surface area contributed by atoms with Crippen LogP contribution in [0.5, 0.6) is 0 Å². The van der Waals surface area contributed by atoms with Crippen LogP contribution in [0, 0.1) is 5.82 Å². The van der Waals surface area contributed by atoms with Gasteiger partial charge in [0.2, 0.25) is 0 Å². The summed E-state index contributed by atoms with van der Waals surface area (Å²) < 4.78 is 18.9. The van der Waals surface area contributed by atoms with E-state index in [-0.39, 0.29) is 17.6 Å². The van der Waals surface area contributed by atoms with Gasteiger partial charge in [0.05, 0.1) is 28.4 Å². The van der Waals surface area contributed by atoms with E-state index in [1.54, 1.807) is 34.1 Å². The van der Waals surface area contributed by atoms with Gasteiger partial charge < -0.3 is 14.5 Å². The van der Waals surface area contributed by atoms with Crippen molar-refractivity contribution in [2.24, 2.45) is 0 Å². The number of fused-ring (bicyclic) bond motifs is 1. The molecule has 4 rings (SSSR count). The van der Waals surface area contributed by atoms with Crippen LogP contribution >= 0.6 is 11.6 Å². The Labute approximate surface area is 201 Å². The number of carbonyl (C=O) groups excluding carboxylic acids is 3. The zero-order chi connectivity index (χ0) is 24.2. The van der Waals surface area contributed by atoms with Gasteiger partial charge in [-0.25, -0.2) is 14.2 Å². The standard InChI is InChI=1S/C25H23ClFN3O4/c1-2-11-34-25(33)30-9-7-29(8-10-30)24(32)17-3-5-19-20(26)14-22(28-23(19)13-17)16-4-6-21(27)18(12-16)15-31/h3-6,12-15H,2,7-11H2,1H3. The summed E-state index contributed by atoms with van der Waals surface area (Å²) in [6, 6.07) is 10.9. The molecule has 3 aromatic rings. The molecule has 1 aromatic heterocycles. The van der Waals surface area contributed by atoms with Crippen molar-refractivity contribution in [2.45, 2.75) is 13.3 Å². The number of nitrogens with zero attached hydrogens (tertiary/aromatic N) is 3. The van der Waals surface area contributed by atoms with Gasteiger partial charge >= 0.3 is 6.09 Å². The quantitative estimate of drug-likeness (QED) is 0.486. The Morgan fingerprint density at radius 1 is 1.09 bits per heavy atom. The number of rotatable bonds is 5. The Hall–Kier alpha value is -3.52. The van der Waals surface area contributed by atoms with Crippen molar-refractivity contribution < 1.29 is 23.5 Å². The molecular weight excluding hydrogens is 461 g/mol. The second kappa shape index (κ2) is 10.2. The summed E-state index contributed by atoms with van der Waals surface area (Å²) in [5.74, 6) is -0.783. The number of hydrogen-bond donors (Lipinski definition) is 0. The van der Waals surface area contributed by atoms with Crippen LogP contribution in [0.15, 0.2) is 42.5 Å². The molecule has 0 spiro atoms. The summed E-state index contributed by atoms with van der Waals surface area (Å²) in [6.45, 7) is 3.91. The number of aldehydes is 1. The Kier molecular flexibility index (Phi) is 7.07. The number of ether oxygens (including phenoxy) is 1. The number of piperazine rings is 1. The van der Waals surface area contributed by atoms with E-state index in [1.807, 2.05) is 6.92 Å². The molecule has 1 aliphatic rings. The van der Waals surface area contributed by atoms with E-state index in [0.29, 0.717) is 71.8 Å². The van der Waals surface area contributed by atoms with Gasteiger partial charge in [0.1, 0.15) is 5.82 Å². The van der Waals surface area contributed by atoms with E-state index >= 15 is 0 Å². The molecule has 34 heavy (non-hydrogen) atoms. The lowest BCUT2D eigenvalue weighted by Gasteiger charge is -2.34. The van der Waals surface area contributed by atoms with Gasteiger partial charge in [-0.15, -0.1) is 0 Å². The lowest BCUT2D eigenvalue weighted by molar-refractivity contribution is 0.0560. The lowest BCUT2D eigenvalue weighted by Crippen LogP contribution is -2.50. The van der Waals surface area contributed by atoms with Crippen molar-refractivity contribution in [3.8, 4) is 11.3 Å². The first-order valence-electron chi connectivity index (χ1n) is 11.0. The van der Waals surface area contributed by atoms with Crippen LogP contribution in [0.25, 0.3) is 22.2 Å². The molecule has 2 aromatic carbocycles. The van der Waals surface area contributed by atoms with Crippen molar-refractivity contribution >= 4 is 40.8 Å². The molecule has 176 valence electrons. The van der Waals surface area contributed by atoms with Crippen LogP contribution in [-0.4, -0.2) is 65.9 Å². The topological polar surface area (TPSA) is 79.8 Å². The highest BCUT2D eigenvalue weighted by atomic mass is 35.5. The molecule has 1 fully saturated rings. The molecule has 0 saturated carbocycles. The highest BCUT2D eigenvalue weighted by Gasteiger charge is 2.26. The first-order valence-corrected chi connectivity index (χ1v) is 11.4. The van der Waals surface area contributed by atoms with Crippen LogP contribution in [0.4, 0.5) is 9.18 Å². The average Bonchev–Trinajstić information content (AvgIpc) is 2.86. The molecule has 0 atom stereocenters. The predicted octanol–water partition coefficient (Wildman–Crippen LogP) is 4.81. The second-order valence-electron chi connectivity index (χ2n) is 7.97. The highest BCUT2D eigenvalue weighted by molar-refractivity contribution is 6.35. The maximum absolute atomic E-state index is 13.7. The smallest absolute Gasteiger partial charge is 0.409 e. The van der Waals surface area contributed by atoms with Gasteiger partial charge in [-0.3, -0.25) is 9.59 Å².